The molecule has 3 rings (SSSR count). The Morgan fingerprint density at radius 2 is 1.77 bits per heavy atom. The summed E-state index contributed by atoms with van der Waals surface area (Å²) < 4.78 is 10.6. The number of hydrogen-bond donors (Lipinski definition) is 0. The van der Waals surface area contributed by atoms with Crippen molar-refractivity contribution in [3.05, 3.63) is 65.2 Å². The van der Waals surface area contributed by atoms with E-state index in [-0.39, 0.29) is 5.91 Å². The van der Waals surface area contributed by atoms with Gasteiger partial charge in [-0.1, -0.05) is 35.9 Å². The monoisotopic (exact) mass is 351 g/mol. The zero-order valence-corrected chi connectivity index (χ0v) is 15.6. The van der Waals surface area contributed by atoms with Crippen LogP contribution in [0.3, 0.4) is 0 Å². The van der Waals surface area contributed by atoms with Crippen LogP contribution in [0.25, 0.3) is 6.08 Å². The van der Waals surface area contributed by atoms with Crippen LogP contribution in [0.15, 0.2) is 48.5 Å². The van der Waals surface area contributed by atoms with Crippen molar-refractivity contribution in [3.63, 3.8) is 0 Å². The molecule has 1 aliphatic carbocycles. The molecule has 1 fully saturated rings. The fourth-order valence-electron chi connectivity index (χ4n) is 2.88. The summed E-state index contributed by atoms with van der Waals surface area (Å²) in [6.07, 6.45) is 5.65. The summed E-state index contributed by atoms with van der Waals surface area (Å²) >= 11 is 0. The zero-order valence-electron chi connectivity index (χ0n) is 15.6. The molecule has 1 amide bonds. The van der Waals surface area contributed by atoms with Crippen LogP contribution in [0.4, 0.5) is 0 Å². The lowest BCUT2D eigenvalue weighted by atomic mass is 10.1. The number of hydrogen-bond acceptors (Lipinski definition) is 3. The van der Waals surface area contributed by atoms with Gasteiger partial charge < -0.3 is 14.4 Å². The van der Waals surface area contributed by atoms with Gasteiger partial charge in [0.2, 0.25) is 5.91 Å². The quantitative estimate of drug-likeness (QED) is 0.701. The molecular weight excluding hydrogens is 326 g/mol. The van der Waals surface area contributed by atoms with Crippen LogP contribution in [0.2, 0.25) is 0 Å². The van der Waals surface area contributed by atoms with E-state index >= 15 is 0 Å². The van der Waals surface area contributed by atoms with Crippen molar-refractivity contribution in [1.82, 2.24) is 4.90 Å². The van der Waals surface area contributed by atoms with Gasteiger partial charge in [-0.15, -0.1) is 0 Å². The number of aryl methyl sites for hydroxylation is 1. The minimum absolute atomic E-state index is 0.0443. The number of carbonyl (C=O) groups is 1. The molecule has 0 bridgehead atoms. The average molecular weight is 351 g/mol. The van der Waals surface area contributed by atoms with Gasteiger partial charge in [0.15, 0.2) is 11.5 Å². The first-order valence-corrected chi connectivity index (χ1v) is 8.87. The summed E-state index contributed by atoms with van der Waals surface area (Å²) in [4.78, 5) is 14.7. The van der Waals surface area contributed by atoms with Gasteiger partial charge >= 0.3 is 0 Å². The molecule has 0 heterocycles. The lowest BCUT2D eigenvalue weighted by Crippen LogP contribution is -2.31. The molecule has 136 valence electrons. The maximum absolute atomic E-state index is 12.7. The van der Waals surface area contributed by atoms with E-state index in [2.05, 4.69) is 31.2 Å². The molecule has 0 aromatic heterocycles. The molecule has 2 aromatic rings. The highest BCUT2D eigenvalue weighted by atomic mass is 16.5. The predicted octanol–water partition coefficient (Wildman–Crippen LogP) is 4.22. The molecule has 4 heteroatoms. The number of rotatable bonds is 7. The van der Waals surface area contributed by atoms with Gasteiger partial charge in [-0.3, -0.25) is 4.79 Å². The SMILES string of the molecule is COc1ccc(/C=C/C(=O)N(Cc2ccc(C)cc2)C2CC2)cc1OC. The third-order valence-corrected chi connectivity index (χ3v) is 4.57. The zero-order chi connectivity index (χ0) is 18.5. The lowest BCUT2D eigenvalue weighted by molar-refractivity contribution is -0.127. The summed E-state index contributed by atoms with van der Waals surface area (Å²) in [5.74, 6) is 1.37. The molecule has 0 atom stereocenters. The number of ether oxygens (including phenoxy) is 2. The fraction of sp³-hybridized carbons (Fsp3) is 0.318. The Balaban J connectivity index is 1.71. The van der Waals surface area contributed by atoms with E-state index in [0.717, 1.165) is 24.0 Å². The Hall–Kier alpha value is -2.75. The Bertz CT molecular complexity index is 792. The molecule has 0 spiro atoms. The second kappa shape index (κ2) is 8.09. The molecule has 1 saturated carbocycles. The van der Waals surface area contributed by atoms with Gasteiger partial charge in [0.1, 0.15) is 0 Å². The van der Waals surface area contributed by atoms with Crippen molar-refractivity contribution in [2.45, 2.75) is 32.4 Å². The van der Waals surface area contributed by atoms with Crippen LogP contribution in [-0.2, 0) is 11.3 Å². The second-order valence-electron chi connectivity index (χ2n) is 6.63. The largest absolute Gasteiger partial charge is 0.493 e. The Kier molecular flexibility index (Phi) is 5.61. The summed E-state index contributed by atoms with van der Waals surface area (Å²) in [5.41, 5.74) is 3.30. The molecule has 0 aliphatic heterocycles. The normalized spacial score (nSPS) is 13.7. The van der Waals surface area contributed by atoms with Crippen molar-refractivity contribution in [2.75, 3.05) is 14.2 Å². The first-order valence-electron chi connectivity index (χ1n) is 8.87. The summed E-state index contributed by atoms with van der Waals surface area (Å²) in [5, 5.41) is 0. The Labute approximate surface area is 155 Å². The highest BCUT2D eigenvalue weighted by molar-refractivity contribution is 5.92. The first kappa shape index (κ1) is 18.1. The second-order valence-corrected chi connectivity index (χ2v) is 6.63. The van der Waals surface area contributed by atoms with Crippen LogP contribution in [0, 0.1) is 6.92 Å². The minimum Gasteiger partial charge on any atom is -0.493 e. The minimum atomic E-state index is 0.0443. The molecule has 26 heavy (non-hydrogen) atoms. The maximum Gasteiger partial charge on any atom is 0.247 e. The fourth-order valence-corrected chi connectivity index (χ4v) is 2.88. The number of carbonyl (C=O) groups excluding carboxylic acids is 1. The Morgan fingerprint density at radius 3 is 2.38 bits per heavy atom. The van der Waals surface area contributed by atoms with Crippen molar-refractivity contribution in [2.24, 2.45) is 0 Å². The van der Waals surface area contributed by atoms with Crippen LogP contribution < -0.4 is 9.47 Å². The van der Waals surface area contributed by atoms with E-state index in [0.29, 0.717) is 24.1 Å². The molecule has 0 saturated heterocycles. The highest BCUT2D eigenvalue weighted by Crippen LogP contribution is 2.30. The van der Waals surface area contributed by atoms with E-state index < -0.39 is 0 Å². The van der Waals surface area contributed by atoms with Crippen LogP contribution in [0.1, 0.15) is 29.5 Å². The summed E-state index contributed by atoms with van der Waals surface area (Å²) in [7, 11) is 3.21. The Morgan fingerprint density at radius 1 is 1.08 bits per heavy atom. The molecule has 1 aliphatic rings. The van der Waals surface area contributed by atoms with Crippen molar-refractivity contribution >= 4 is 12.0 Å². The topological polar surface area (TPSA) is 38.8 Å². The van der Waals surface area contributed by atoms with Gasteiger partial charge in [-0.2, -0.15) is 0 Å². The highest BCUT2D eigenvalue weighted by Gasteiger charge is 2.31. The lowest BCUT2D eigenvalue weighted by Gasteiger charge is -2.21. The third kappa shape index (κ3) is 4.45. The maximum atomic E-state index is 12.7. The average Bonchev–Trinajstić information content (AvgIpc) is 3.50. The third-order valence-electron chi connectivity index (χ3n) is 4.57. The number of methoxy groups -OCH3 is 2. The van der Waals surface area contributed by atoms with E-state index in [4.69, 9.17) is 9.47 Å². The van der Waals surface area contributed by atoms with E-state index in [1.54, 1.807) is 20.3 Å². The standard InChI is InChI=1S/C22H25NO3/c1-16-4-6-18(7-5-16)15-23(19-10-11-19)22(24)13-9-17-8-12-20(25-2)21(14-17)26-3/h4-9,12-14,19H,10-11,15H2,1-3H3/b13-9+. The van der Waals surface area contributed by atoms with Gasteiger partial charge in [-0.05, 0) is 49.1 Å². The molecule has 0 radical (unpaired) electrons. The molecule has 0 unspecified atom stereocenters. The molecule has 4 nitrogen and oxygen atoms in total. The van der Waals surface area contributed by atoms with E-state index in [1.807, 2.05) is 29.2 Å². The molecule has 0 N–H and O–H groups in total. The first-order chi connectivity index (χ1) is 12.6. The van der Waals surface area contributed by atoms with Crippen LogP contribution in [-0.4, -0.2) is 31.1 Å². The predicted molar refractivity (Wildman–Crippen MR) is 103 cm³/mol. The number of amides is 1. The van der Waals surface area contributed by atoms with Crippen molar-refractivity contribution in [3.8, 4) is 11.5 Å². The van der Waals surface area contributed by atoms with Crippen LogP contribution in [0.5, 0.6) is 11.5 Å². The summed E-state index contributed by atoms with van der Waals surface area (Å²) in [6, 6.07) is 14.3. The molecular formula is C22H25NO3. The number of benzene rings is 2. The summed E-state index contributed by atoms with van der Waals surface area (Å²) in [6.45, 7) is 2.72. The molecule has 2 aromatic carbocycles. The van der Waals surface area contributed by atoms with Gasteiger partial charge in [-0.25, -0.2) is 0 Å². The smallest absolute Gasteiger partial charge is 0.247 e. The van der Waals surface area contributed by atoms with Crippen molar-refractivity contribution < 1.29 is 14.3 Å². The van der Waals surface area contributed by atoms with E-state index in [1.165, 1.54) is 5.56 Å². The van der Waals surface area contributed by atoms with E-state index in [9.17, 15) is 4.79 Å². The number of nitrogens with zero attached hydrogens (tertiary/aromatic N) is 1. The van der Waals surface area contributed by atoms with Crippen molar-refractivity contribution in [1.29, 1.82) is 0 Å². The van der Waals surface area contributed by atoms with Gasteiger partial charge in [0, 0.05) is 18.7 Å². The van der Waals surface area contributed by atoms with Crippen LogP contribution >= 0.6 is 0 Å². The van der Waals surface area contributed by atoms with Gasteiger partial charge in [0.25, 0.3) is 0 Å². The van der Waals surface area contributed by atoms with Gasteiger partial charge in [0.05, 0.1) is 14.2 Å².